The highest BCUT2D eigenvalue weighted by molar-refractivity contribution is 6.30. The first kappa shape index (κ1) is 19.6. The summed E-state index contributed by atoms with van der Waals surface area (Å²) in [6.07, 6.45) is 3.45. The Kier molecular flexibility index (Phi) is 6.30. The molecule has 1 heterocycles. The molecule has 1 saturated heterocycles. The van der Waals surface area contributed by atoms with Gasteiger partial charge in [0.25, 0.3) is 0 Å². The second kappa shape index (κ2) is 8.68. The molecular formula is C22H24ClFN2O. The van der Waals surface area contributed by atoms with Crippen LogP contribution in [0.25, 0.3) is 6.08 Å². The molecule has 2 aromatic carbocycles. The SMILES string of the molecule is C[C@@H]1CN(Cc2ccc(F)cc2)C[C@H](C)N1C(=O)C=Cc1ccc(Cl)cc1. The Labute approximate surface area is 165 Å². The van der Waals surface area contributed by atoms with E-state index in [2.05, 4.69) is 18.7 Å². The topological polar surface area (TPSA) is 23.6 Å². The fourth-order valence-corrected chi connectivity index (χ4v) is 3.80. The third-order valence-corrected chi connectivity index (χ3v) is 5.11. The monoisotopic (exact) mass is 386 g/mol. The maximum absolute atomic E-state index is 13.1. The van der Waals surface area contributed by atoms with E-state index in [1.807, 2.05) is 47.4 Å². The summed E-state index contributed by atoms with van der Waals surface area (Å²) in [6, 6.07) is 14.2. The normalized spacial score (nSPS) is 21.0. The van der Waals surface area contributed by atoms with Crippen LogP contribution >= 0.6 is 11.6 Å². The van der Waals surface area contributed by atoms with Crippen LogP contribution in [0.15, 0.2) is 54.6 Å². The van der Waals surface area contributed by atoms with Crippen molar-refractivity contribution < 1.29 is 9.18 Å². The van der Waals surface area contributed by atoms with Gasteiger partial charge in [-0.25, -0.2) is 4.39 Å². The predicted molar refractivity (Wildman–Crippen MR) is 108 cm³/mol. The Morgan fingerprint density at radius 1 is 1.07 bits per heavy atom. The van der Waals surface area contributed by atoms with Crippen LogP contribution in [0.4, 0.5) is 4.39 Å². The smallest absolute Gasteiger partial charge is 0.247 e. The molecule has 0 N–H and O–H groups in total. The molecule has 142 valence electrons. The van der Waals surface area contributed by atoms with Crippen LogP contribution in [0.3, 0.4) is 0 Å². The molecule has 2 aromatic rings. The van der Waals surface area contributed by atoms with Crippen LogP contribution in [0.2, 0.25) is 5.02 Å². The third kappa shape index (κ3) is 5.18. The Morgan fingerprint density at radius 3 is 2.26 bits per heavy atom. The lowest BCUT2D eigenvalue weighted by Gasteiger charge is -2.44. The van der Waals surface area contributed by atoms with E-state index in [0.717, 1.165) is 30.8 Å². The molecule has 0 saturated carbocycles. The maximum atomic E-state index is 13.1. The molecule has 1 fully saturated rings. The van der Waals surface area contributed by atoms with Crippen LogP contribution in [0, 0.1) is 5.82 Å². The summed E-state index contributed by atoms with van der Waals surface area (Å²) in [5.41, 5.74) is 2.03. The highest BCUT2D eigenvalue weighted by Crippen LogP contribution is 2.19. The number of hydrogen-bond donors (Lipinski definition) is 0. The van der Waals surface area contributed by atoms with Gasteiger partial charge >= 0.3 is 0 Å². The summed E-state index contributed by atoms with van der Waals surface area (Å²) in [5.74, 6) is -0.199. The van der Waals surface area contributed by atoms with Crippen molar-refractivity contribution in [3.8, 4) is 0 Å². The zero-order chi connectivity index (χ0) is 19.4. The number of rotatable bonds is 4. The van der Waals surface area contributed by atoms with Crippen molar-refractivity contribution in [3.63, 3.8) is 0 Å². The molecule has 0 bridgehead atoms. The molecule has 0 aromatic heterocycles. The lowest BCUT2D eigenvalue weighted by molar-refractivity contribution is -0.133. The number of amides is 1. The Morgan fingerprint density at radius 2 is 1.67 bits per heavy atom. The zero-order valence-electron chi connectivity index (χ0n) is 15.6. The molecule has 27 heavy (non-hydrogen) atoms. The van der Waals surface area contributed by atoms with Crippen molar-refractivity contribution in [2.75, 3.05) is 13.1 Å². The fourth-order valence-electron chi connectivity index (χ4n) is 3.67. The molecule has 3 rings (SSSR count). The standard InChI is InChI=1S/C22H24ClFN2O/c1-16-13-25(15-19-5-10-21(24)11-6-19)14-17(2)26(16)22(27)12-7-18-3-8-20(23)9-4-18/h3-12,16-17H,13-15H2,1-2H3/t16-,17+. The largest absolute Gasteiger partial charge is 0.331 e. The van der Waals surface area contributed by atoms with Gasteiger partial charge in [0.05, 0.1) is 0 Å². The lowest BCUT2D eigenvalue weighted by Crippen LogP contribution is -2.57. The van der Waals surface area contributed by atoms with E-state index in [-0.39, 0.29) is 23.8 Å². The second-order valence-electron chi connectivity index (χ2n) is 7.15. The zero-order valence-corrected chi connectivity index (χ0v) is 16.4. The second-order valence-corrected chi connectivity index (χ2v) is 7.59. The van der Waals surface area contributed by atoms with Crippen molar-refractivity contribution in [2.45, 2.75) is 32.5 Å². The first-order valence-electron chi connectivity index (χ1n) is 9.15. The maximum Gasteiger partial charge on any atom is 0.247 e. The minimum absolute atomic E-state index is 0.0198. The van der Waals surface area contributed by atoms with Crippen molar-refractivity contribution in [2.24, 2.45) is 0 Å². The number of benzene rings is 2. The van der Waals surface area contributed by atoms with E-state index < -0.39 is 0 Å². The van der Waals surface area contributed by atoms with Crippen molar-refractivity contribution in [1.82, 2.24) is 9.80 Å². The highest BCUT2D eigenvalue weighted by atomic mass is 35.5. The highest BCUT2D eigenvalue weighted by Gasteiger charge is 2.31. The number of hydrogen-bond acceptors (Lipinski definition) is 2. The molecule has 0 unspecified atom stereocenters. The van der Waals surface area contributed by atoms with Crippen LogP contribution < -0.4 is 0 Å². The van der Waals surface area contributed by atoms with E-state index >= 15 is 0 Å². The van der Waals surface area contributed by atoms with Gasteiger partial charge in [-0.05, 0) is 55.3 Å². The van der Waals surface area contributed by atoms with Gasteiger partial charge in [0.15, 0.2) is 0 Å². The van der Waals surface area contributed by atoms with Crippen molar-refractivity contribution in [1.29, 1.82) is 0 Å². The summed E-state index contributed by atoms with van der Waals surface area (Å²) in [4.78, 5) is 17.0. The number of carbonyl (C=O) groups excluding carboxylic acids is 1. The fraction of sp³-hybridized carbons (Fsp3) is 0.318. The molecule has 0 radical (unpaired) electrons. The van der Waals surface area contributed by atoms with Crippen LogP contribution in [0.5, 0.6) is 0 Å². The summed E-state index contributed by atoms with van der Waals surface area (Å²) in [7, 11) is 0. The van der Waals surface area contributed by atoms with Gasteiger partial charge in [-0.2, -0.15) is 0 Å². The first-order valence-corrected chi connectivity index (χ1v) is 9.53. The van der Waals surface area contributed by atoms with Crippen LogP contribution in [0.1, 0.15) is 25.0 Å². The quantitative estimate of drug-likeness (QED) is 0.716. The molecule has 1 aliphatic rings. The Balaban J connectivity index is 1.61. The average molecular weight is 387 g/mol. The molecule has 0 aliphatic carbocycles. The van der Waals surface area contributed by atoms with Gasteiger partial charge in [0.2, 0.25) is 5.91 Å². The van der Waals surface area contributed by atoms with E-state index in [1.165, 1.54) is 12.1 Å². The molecule has 2 atom stereocenters. The molecule has 0 spiro atoms. The summed E-state index contributed by atoms with van der Waals surface area (Å²) >= 11 is 5.89. The molecule has 1 amide bonds. The average Bonchev–Trinajstić information content (AvgIpc) is 2.62. The van der Waals surface area contributed by atoms with Gasteiger partial charge in [-0.3, -0.25) is 9.69 Å². The van der Waals surface area contributed by atoms with Crippen molar-refractivity contribution >= 4 is 23.6 Å². The number of carbonyl (C=O) groups is 1. The van der Waals surface area contributed by atoms with E-state index in [9.17, 15) is 9.18 Å². The van der Waals surface area contributed by atoms with Crippen LogP contribution in [-0.2, 0) is 11.3 Å². The minimum atomic E-state index is -0.219. The third-order valence-electron chi connectivity index (χ3n) is 4.86. The van der Waals surface area contributed by atoms with Crippen molar-refractivity contribution in [3.05, 3.63) is 76.6 Å². The van der Waals surface area contributed by atoms with Gasteiger partial charge < -0.3 is 4.90 Å². The number of halogens is 2. The number of piperazine rings is 1. The Bertz CT molecular complexity index is 792. The van der Waals surface area contributed by atoms with E-state index in [4.69, 9.17) is 11.6 Å². The lowest BCUT2D eigenvalue weighted by atomic mass is 10.1. The molecule has 5 heteroatoms. The summed E-state index contributed by atoms with van der Waals surface area (Å²) in [5, 5.41) is 0.679. The first-order chi connectivity index (χ1) is 12.9. The molecular weight excluding hydrogens is 363 g/mol. The molecule has 1 aliphatic heterocycles. The predicted octanol–water partition coefficient (Wildman–Crippen LogP) is 4.61. The Hall–Kier alpha value is -2.17. The van der Waals surface area contributed by atoms with E-state index in [0.29, 0.717) is 5.02 Å². The minimum Gasteiger partial charge on any atom is -0.331 e. The summed E-state index contributed by atoms with van der Waals surface area (Å²) in [6.45, 7) is 6.49. The number of nitrogens with zero attached hydrogens (tertiary/aromatic N) is 2. The molecule has 3 nitrogen and oxygen atoms in total. The van der Waals surface area contributed by atoms with Gasteiger partial charge in [-0.15, -0.1) is 0 Å². The van der Waals surface area contributed by atoms with Crippen LogP contribution in [-0.4, -0.2) is 40.9 Å². The van der Waals surface area contributed by atoms with Gasteiger partial charge in [-0.1, -0.05) is 35.9 Å². The summed E-state index contributed by atoms with van der Waals surface area (Å²) < 4.78 is 13.1. The van der Waals surface area contributed by atoms with E-state index in [1.54, 1.807) is 6.08 Å². The van der Waals surface area contributed by atoms with Gasteiger partial charge in [0.1, 0.15) is 5.82 Å². The van der Waals surface area contributed by atoms with Gasteiger partial charge in [0, 0.05) is 42.8 Å².